The summed E-state index contributed by atoms with van der Waals surface area (Å²) in [5.74, 6) is 0. The second kappa shape index (κ2) is 4.62. The Morgan fingerprint density at radius 2 is 2.12 bits per heavy atom. The fraction of sp³-hybridized carbons (Fsp3) is 0.917. The fourth-order valence-electron chi connectivity index (χ4n) is 1.98. The van der Waals surface area contributed by atoms with Crippen LogP contribution in [0.5, 0.6) is 0 Å². The highest BCUT2D eigenvalue weighted by Gasteiger charge is 2.37. The van der Waals surface area contributed by atoms with Gasteiger partial charge in [0.1, 0.15) is 5.60 Å². The Morgan fingerprint density at radius 3 is 2.62 bits per heavy atom. The summed E-state index contributed by atoms with van der Waals surface area (Å²) in [7, 11) is 0. The van der Waals surface area contributed by atoms with E-state index in [0.717, 1.165) is 19.4 Å². The normalized spacial score (nSPS) is 25.9. The number of hydrogen-bond donors (Lipinski definition) is 1. The molecule has 1 aliphatic heterocycles. The van der Waals surface area contributed by atoms with Crippen molar-refractivity contribution in [1.29, 1.82) is 0 Å². The summed E-state index contributed by atoms with van der Waals surface area (Å²) in [5, 5.41) is 8.97. The van der Waals surface area contributed by atoms with Gasteiger partial charge in [-0.1, -0.05) is 6.92 Å². The number of ether oxygens (including phenoxy) is 1. The first-order valence-corrected chi connectivity index (χ1v) is 5.85. The van der Waals surface area contributed by atoms with Gasteiger partial charge in [-0.3, -0.25) is 0 Å². The molecule has 0 aromatic rings. The highest BCUT2D eigenvalue weighted by Crippen LogP contribution is 2.33. The van der Waals surface area contributed by atoms with E-state index in [9.17, 15) is 4.79 Å². The van der Waals surface area contributed by atoms with Crippen molar-refractivity contribution in [1.82, 2.24) is 4.90 Å². The van der Waals surface area contributed by atoms with E-state index in [0.29, 0.717) is 6.54 Å². The number of carbonyl (C=O) groups excluding carboxylic acids is 1. The van der Waals surface area contributed by atoms with Crippen molar-refractivity contribution < 1.29 is 14.6 Å². The van der Waals surface area contributed by atoms with E-state index >= 15 is 0 Å². The molecule has 0 spiro atoms. The van der Waals surface area contributed by atoms with Gasteiger partial charge in [-0.05, 0) is 39.0 Å². The van der Waals surface area contributed by atoms with Crippen molar-refractivity contribution in [2.75, 3.05) is 19.7 Å². The molecule has 1 atom stereocenters. The van der Waals surface area contributed by atoms with E-state index in [1.807, 2.05) is 20.8 Å². The summed E-state index contributed by atoms with van der Waals surface area (Å²) in [6.07, 6.45) is 1.44. The van der Waals surface area contributed by atoms with Crippen molar-refractivity contribution >= 4 is 6.09 Å². The molecule has 1 N–H and O–H groups in total. The van der Waals surface area contributed by atoms with Crippen LogP contribution in [0.3, 0.4) is 0 Å². The Balaban J connectivity index is 2.50. The predicted octanol–water partition coefficient (Wildman–Crippen LogP) is 2.02. The Hall–Kier alpha value is -0.770. The lowest BCUT2D eigenvalue weighted by Gasteiger charge is -2.26. The number of hydrogen-bond acceptors (Lipinski definition) is 3. The molecular weight excluding hydrogens is 206 g/mol. The Morgan fingerprint density at radius 1 is 1.50 bits per heavy atom. The van der Waals surface area contributed by atoms with Gasteiger partial charge in [-0.15, -0.1) is 0 Å². The molecule has 0 bridgehead atoms. The van der Waals surface area contributed by atoms with Gasteiger partial charge in [0.2, 0.25) is 0 Å². The highest BCUT2D eigenvalue weighted by molar-refractivity contribution is 5.68. The molecule has 0 aromatic heterocycles. The molecule has 1 saturated heterocycles. The molecule has 0 radical (unpaired) electrons. The summed E-state index contributed by atoms with van der Waals surface area (Å²) in [5.41, 5.74) is -0.390. The molecule has 0 aliphatic carbocycles. The Labute approximate surface area is 97.6 Å². The van der Waals surface area contributed by atoms with Crippen molar-refractivity contribution in [3.05, 3.63) is 0 Å². The van der Waals surface area contributed by atoms with Crippen molar-refractivity contribution in [3.63, 3.8) is 0 Å². The van der Waals surface area contributed by atoms with Gasteiger partial charge in [-0.2, -0.15) is 0 Å². The van der Waals surface area contributed by atoms with Crippen LogP contribution < -0.4 is 0 Å². The van der Waals surface area contributed by atoms with Crippen LogP contribution in [0.1, 0.15) is 40.5 Å². The molecule has 1 heterocycles. The lowest BCUT2D eigenvalue weighted by Crippen LogP contribution is -2.36. The van der Waals surface area contributed by atoms with Crippen LogP contribution in [-0.4, -0.2) is 41.4 Å². The van der Waals surface area contributed by atoms with Crippen molar-refractivity contribution in [3.8, 4) is 0 Å². The zero-order chi connectivity index (χ0) is 12.4. The van der Waals surface area contributed by atoms with E-state index in [1.165, 1.54) is 0 Å². The maximum Gasteiger partial charge on any atom is 0.410 e. The molecule has 0 aromatic carbocycles. The largest absolute Gasteiger partial charge is 0.444 e. The molecule has 0 saturated carbocycles. The van der Waals surface area contributed by atoms with Gasteiger partial charge in [0.15, 0.2) is 0 Å². The van der Waals surface area contributed by atoms with Gasteiger partial charge in [0.25, 0.3) is 0 Å². The zero-order valence-corrected chi connectivity index (χ0v) is 10.7. The number of amides is 1. The second-order valence-electron chi connectivity index (χ2n) is 5.94. The first-order valence-electron chi connectivity index (χ1n) is 5.85. The lowest BCUT2D eigenvalue weighted by atomic mass is 9.86. The smallest absolute Gasteiger partial charge is 0.410 e. The van der Waals surface area contributed by atoms with E-state index in [1.54, 1.807) is 4.90 Å². The molecule has 94 valence electrons. The first kappa shape index (κ1) is 13.3. The van der Waals surface area contributed by atoms with Crippen LogP contribution in [0.15, 0.2) is 0 Å². The number of aliphatic hydroxyl groups is 1. The van der Waals surface area contributed by atoms with Gasteiger partial charge in [-0.25, -0.2) is 4.79 Å². The van der Waals surface area contributed by atoms with Crippen molar-refractivity contribution in [2.45, 2.75) is 46.1 Å². The monoisotopic (exact) mass is 229 g/mol. The SMILES string of the molecule is CC1(CCO)CCN(C(=O)OC(C)(C)C)C1. The topological polar surface area (TPSA) is 49.8 Å². The van der Waals surface area contributed by atoms with E-state index in [4.69, 9.17) is 9.84 Å². The average molecular weight is 229 g/mol. The first-order chi connectivity index (χ1) is 7.26. The summed E-state index contributed by atoms with van der Waals surface area (Å²) in [6.45, 7) is 9.30. The molecule has 4 nitrogen and oxygen atoms in total. The minimum absolute atomic E-state index is 0.0473. The summed E-state index contributed by atoms with van der Waals surface area (Å²) in [6, 6.07) is 0. The van der Waals surface area contributed by atoms with Crippen LogP contribution >= 0.6 is 0 Å². The van der Waals surface area contributed by atoms with Gasteiger partial charge in [0.05, 0.1) is 0 Å². The Bertz CT molecular complexity index is 259. The number of rotatable bonds is 2. The number of likely N-dealkylation sites (tertiary alicyclic amines) is 1. The van der Waals surface area contributed by atoms with Gasteiger partial charge >= 0.3 is 6.09 Å². The van der Waals surface area contributed by atoms with Crippen molar-refractivity contribution in [2.24, 2.45) is 5.41 Å². The Kier molecular flexibility index (Phi) is 3.84. The van der Waals surface area contributed by atoms with Crippen LogP contribution in [0.4, 0.5) is 4.79 Å². The molecule has 1 fully saturated rings. The number of carbonyl (C=O) groups is 1. The summed E-state index contributed by atoms with van der Waals surface area (Å²) < 4.78 is 5.32. The predicted molar refractivity (Wildman–Crippen MR) is 62.2 cm³/mol. The summed E-state index contributed by atoms with van der Waals surface area (Å²) in [4.78, 5) is 13.5. The van der Waals surface area contributed by atoms with Gasteiger partial charge < -0.3 is 14.7 Å². The maximum atomic E-state index is 11.8. The lowest BCUT2D eigenvalue weighted by molar-refractivity contribution is 0.0270. The second-order valence-corrected chi connectivity index (χ2v) is 5.94. The zero-order valence-electron chi connectivity index (χ0n) is 10.7. The molecule has 16 heavy (non-hydrogen) atoms. The van der Waals surface area contributed by atoms with E-state index in [-0.39, 0.29) is 18.1 Å². The highest BCUT2D eigenvalue weighted by atomic mass is 16.6. The minimum atomic E-state index is -0.437. The molecule has 1 unspecified atom stereocenters. The van der Waals surface area contributed by atoms with E-state index < -0.39 is 5.60 Å². The van der Waals surface area contributed by atoms with Crippen LogP contribution in [-0.2, 0) is 4.74 Å². The molecule has 4 heteroatoms. The summed E-state index contributed by atoms with van der Waals surface area (Å²) >= 11 is 0. The molecule has 1 aliphatic rings. The van der Waals surface area contributed by atoms with Crippen LogP contribution in [0.25, 0.3) is 0 Å². The number of nitrogens with zero attached hydrogens (tertiary/aromatic N) is 1. The number of aliphatic hydroxyl groups excluding tert-OH is 1. The third-order valence-corrected chi connectivity index (χ3v) is 2.92. The van der Waals surface area contributed by atoms with E-state index in [2.05, 4.69) is 6.92 Å². The molecule has 1 rings (SSSR count). The quantitative estimate of drug-likeness (QED) is 0.788. The third kappa shape index (κ3) is 3.67. The molecular formula is C12H23NO3. The maximum absolute atomic E-state index is 11.8. The average Bonchev–Trinajstić information content (AvgIpc) is 2.45. The van der Waals surface area contributed by atoms with Crippen LogP contribution in [0.2, 0.25) is 0 Å². The van der Waals surface area contributed by atoms with Crippen LogP contribution in [0, 0.1) is 5.41 Å². The fourth-order valence-corrected chi connectivity index (χ4v) is 1.98. The minimum Gasteiger partial charge on any atom is -0.444 e. The standard InChI is InChI=1S/C12H23NO3/c1-11(2,3)16-10(15)13-7-5-12(4,9-13)6-8-14/h14H,5-9H2,1-4H3. The third-order valence-electron chi connectivity index (χ3n) is 2.92. The molecule has 1 amide bonds. The van der Waals surface area contributed by atoms with Gasteiger partial charge in [0, 0.05) is 19.7 Å².